The molecule has 0 saturated carbocycles. The van der Waals surface area contributed by atoms with E-state index in [9.17, 15) is 4.79 Å². The fourth-order valence-corrected chi connectivity index (χ4v) is 2.60. The van der Waals surface area contributed by atoms with Gasteiger partial charge in [-0.25, -0.2) is 4.98 Å². The molecular weight excluding hydrogens is 288 g/mol. The zero-order valence-corrected chi connectivity index (χ0v) is 13.6. The van der Waals surface area contributed by atoms with E-state index in [2.05, 4.69) is 4.98 Å². The van der Waals surface area contributed by atoms with Crippen molar-refractivity contribution >= 4 is 17.3 Å². The molecule has 0 fully saturated rings. The number of carbonyl (C=O) groups is 1. The highest BCUT2D eigenvalue weighted by atomic mass is 32.1. The quantitative estimate of drug-likeness (QED) is 0.767. The number of carbonyl (C=O) groups excluding carboxylic acids is 1. The van der Waals surface area contributed by atoms with Crippen LogP contribution in [0.3, 0.4) is 0 Å². The van der Waals surface area contributed by atoms with E-state index in [1.807, 2.05) is 44.2 Å². The van der Waals surface area contributed by atoms with Gasteiger partial charge in [-0.3, -0.25) is 9.69 Å². The van der Waals surface area contributed by atoms with Crippen LogP contribution in [0.5, 0.6) is 0 Å². The third kappa shape index (κ3) is 3.51. The molecule has 2 aromatic heterocycles. The van der Waals surface area contributed by atoms with Gasteiger partial charge >= 0.3 is 5.97 Å². The lowest BCUT2D eigenvalue weighted by atomic mass is 10.0. The van der Waals surface area contributed by atoms with Crippen molar-refractivity contribution in [2.75, 3.05) is 13.7 Å². The van der Waals surface area contributed by atoms with Crippen molar-refractivity contribution in [2.45, 2.75) is 32.9 Å². The minimum atomic E-state index is -0.685. The van der Waals surface area contributed by atoms with E-state index in [4.69, 9.17) is 9.15 Å². The second-order valence-corrected chi connectivity index (χ2v) is 6.15. The highest BCUT2D eigenvalue weighted by Gasteiger charge is 2.34. The Morgan fingerprint density at radius 2 is 2.29 bits per heavy atom. The molecule has 6 heteroatoms. The fourth-order valence-electron chi connectivity index (χ4n) is 1.80. The molecule has 2 aromatic rings. The number of furan rings is 1. The average Bonchev–Trinajstić information content (AvgIpc) is 3.08. The molecule has 0 unspecified atom stereocenters. The van der Waals surface area contributed by atoms with Crippen molar-refractivity contribution in [1.82, 2.24) is 9.88 Å². The molecule has 0 radical (unpaired) electrons. The van der Waals surface area contributed by atoms with Crippen molar-refractivity contribution in [3.05, 3.63) is 29.7 Å². The summed E-state index contributed by atoms with van der Waals surface area (Å²) >= 11 is 1.56. The lowest BCUT2D eigenvalue weighted by molar-refractivity contribution is -0.155. The van der Waals surface area contributed by atoms with Gasteiger partial charge in [0, 0.05) is 17.5 Å². The van der Waals surface area contributed by atoms with E-state index in [1.54, 1.807) is 23.9 Å². The standard InChI is InChI=1S/C15H20N2O3S/c1-5-20-14(18)15(2,3)17(4)8-12-10-21-13(16-12)11-6-7-19-9-11/h6-7,9-10H,5,8H2,1-4H3. The Hall–Kier alpha value is -1.66. The van der Waals surface area contributed by atoms with Crippen LogP contribution in [0, 0.1) is 0 Å². The minimum absolute atomic E-state index is 0.224. The second-order valence-electron chi connectivity index (χ2n) is 5.29. The van der Waals surface area contributed by atoms with Gasteiger partial charge in [0.15, 0.2) is 0 Å². The van der Waals surface area contributed by atoms with Crippen LogP contribution < -0.4 is 0 Å². The maximum Gasteiger partial charge on any atom is 0.325 e. The first kappa shape index (κ1) is 15.7. The Morgan fingerprint density at radius 1 is 1.52 bits per heavy atom. The van der Waals surface area contributed by atoms with Crippen LogP contribution in [0.15, 0.2) is 28.4 Å². The fraction of sp³-hybridized carbons (Fsp3) is 0.467. The van der Waals surface area contributed by atoms with Gasteiger partial charge < -0.3 is 9.15 Å². The number of nitrogens with zero attached hydrogens (tertiary/aromatic N) is 2. The maximum atomic E-state index is 12.0. The van der Waals surface area contributed by atoms with Crippen molar-refractivity contribution in [3.8, 4) is 10.6 Å². The predicted octanol–water partition coefficient (Wildman–Crippen LogP) is 3.18. The minimum Gasteiger partial charge on any atom is -0.472 e. The third-order valence-corrected chi connectivity index (χ3v) is 4.39. The molecule has 0 N–H and O–H groups in total. The molecule has 0 aliphatic heterocycles. The Bertz CT molecular complexity index is 590. The monoisotopic (exact) mass is 308 g/mol. The molecule has 0 aliphatic carbocycles. The van der Waals surface area contributed by atoms with Crippen molar-refractivity contribution in [3.63, 3.8) is 0 Å². The van der Waals surface area contributed by atoms with Gasteiger partial charge in [-0.1, -0.05) is 0 Å². The first-order valence-corrected chi connectivity index (χ1v) is 7.68. The summed E-state index contributed by atoms with van der Waals surface area (Å²) in [6, 6.07) is 1.88. The SMILES string of the molecule is CCOC(=O)C(C)(C)N(C)Cc1csc(-c2ccoc2)n1. The molecule has 0 amide bonds. The molecular formula is C15H20N2O3S. The highest BCUT2D eigenvalue weighted by molar-refractivity contribution is 7.13. The maximum absolute atomic E-state index is 12.0. The molecule has 0 bridgehead atoms. The van der Waals surface area contributed by atoms with Crippen molar-refractivity contribution in [1.29, 1.82) is 0 Å². The number of hydrogen-bond donors (Lipinski definition) is 0. The Kier molecular flexibility index (Phi) is 4.80. The molecule has 0 spiro atoms. The number of thiazole rings is 1. The van der Waals surface area contributed by atoms with E-state index in [0.717, 1.165) is 16.3 Å². The average molecular weight is 308 g/mol. The molecule has 0 saturated heterocycles. The summed E-state index contributed by atoms with van der Waals surface area (Å²) in [6.07, 6.45) is 3.31. The van der Waals surface area contributed by atoms with Gasteiger partial charge in [-0.2, -0.15) is 0 Å². The van der Waals surface area contributed by atoms with E-state index < -0.39 is 5.54 Å². The number of rotatable bonds is 6. The molecule has 5 nitrogen and oxygen atoms in total. The first-order chi connectivity index (χ1) is 9.95. The van der Waals surface area contributed by atoms with E-state index >= 15 is 0 Å². The van der Waals surface area contributed by atoms with Crippen LogP contribution >= 0.6 is 11.3 Å². The summed E-state index contributed by atoms with van der Waals surface area (Å²) in [7, 11) is 1.90. The number of hydrogen-bond acceptors (Lipinski definition) is 6. The largest absolute Gasteiger partial charge is 0.472 e. The number of ether oxygens (including phenoxy) is 1. The normalized spacial score (nSPS) is 11.9. The van der Waals surface area contributed by atoms with Crippen LogP contribution in [0.25, 0.3) is 10.6 Å². The molecule has 2 rings (SSSR count). The van der Waals surface area contributed by atoms with Crippen molar-refractivity contribution in [2.24, 2.45) is 0 Å². The summed E-state index contributed by atoms with van der Waals surface area (Å²) in [5, 5.41) is 2.92. The summed E-state index contributed by atoms with van der Waals surface area (Å²) in [5.74, 6) is -0.224. The van der Waals surface area contributed by atoms with Gasteiger partial charge in [0.25, 0.3) is 0 Å². The van der Waals surface area contributed by atoms with E-state index in [1.165, 1.54) is 0 Å². The summed E-state index contributed by atoms with van der Waals surface area (Å²) in [5.41, 5.74) is 1.21. The Labute approximate surface area is 128 Å². The molecule has 21 heavy (non-hydrogen) atoms. The molecule has 114 valence electrons. The van der Waals surface area contributed by atoms with Crippen LogP contribution in [0.1, 0.15) is 26.5 Å². The lowest BCUT2D eigenvalue weighted by Crippen LogP contribution is -2.48. The number of aromatic nitrogens is 1. The van der Waals surface area contributed by atoms with Crippen LogP contribution in [0.2, 0.25) is 0 Å². The van der Waals surface area contributed by atoms with Gasteiger partial charge in [-0.15, -0.1) is 11.3 Å². The molecule has 0 aliphatic rings. The lowest BCUT2D eigenvalue weighted by Gasteiger charge is -2.32. The molecule has 0 aromatic carbocycles. The van der Waals surface area contributed by atoms with Crippen LogP contribution in [-0.4, -0.2) is 35.0 Å². The highest BCUT2D eigenvalue weighted by Crippen LogP contribution is 2.25. The van der Waals surface area contributed by atoms with Gasteiger partial charge in [-0.05, 0) is 33.9 Å². The van der Waals surface area contributed by atoms with E-state index in [0.29, 0.717) is 13.2 Å². The molecule has 0 atom stereocenters. The Morgan fingerprint density at radius 3 is 2.90 bits per heavy atom. The summed E-state index contributed by atoms with van der Waals surface area (Å²) < 4.78 is 10.2. The number of likely N-dealkylation sites (N-methyl/N-ethyl adjacent to an activating group) is 1. The summed E-state index contributed by atoms with van der Waals surface area (Å²) in [6.45, 7) is 6.49. The van der Waals surface area contributed by atoms with E-state index in [-0.39, 0.29) is 5.97 Å². The van der Waals surface area contributed by atoms with Crippen molar-refractivity contribution < 1.29 is 13.9 Å². The van der Waals surface area contributed by atoms with Gasteiger partial charge in [0.2, 0.25) is 0 Å². The second kappa shape index (κ2) is 6.41. The van der Waals surface area contributed by atoms with Crippen LogP contribution in [-0.2, 0) is 16.1 Å². The first-order valence-electron chi connectivity index (χ1n) is 6.80. The third-order valence-electron chi connectivity index (χ3n) is 3.45. The molecule has 2 heterocycles. The smallest absolute Gasteiger partial charge is 0.325 e. The number of esters is 1. The zero-order valence-electron chi connectivity index (χ0n) is 12.8. The Balaban J connectivity index is 2.06. The predicted molar refractivity (Wildman–Crippen MR) is 82.0 cm³/mol. The van der Waals surface area contributed by atoms with Gasteiger partial charge in [0.1, 0.15) is 16.8 Å². The van der Waals surface area contributed by atoms with Gasteiger partial charge in [0.05, 0.1) is 18.6 Å². The zero-order chi connectivity index (χ0) is 15.5. The summed E-state index contributed by atoms with van der Waals surface area (Å²) in [4.78, 5) is 18.5. The topological polar surface area (TPSA) is 55.6 Å². The van der Waals surface area contributed by atoms with Crippen LogP contribution in [0.4, 0.5) is 0 Å².